The summed E-state index contributed by atoms with van der Waals surface area (Å²) >= 11 is 12.8. The number of ketones is 1. The van der Waals surface area contributed by atoms with Crippen molar-refractivity contribution < 1.29 is 24.2 Å². The van der Waals surface area contributed by atoms with Crippen molar-refractivity contribution in [2.75, 3.05) is 14.2 Å². The van der Waals surface area contributed by atoms with E-state index in [1.165, 1.54) is 20.3 Å². The normalized spacial score (nSPS) is 20.6. The van der Waals surface area contributed by atoms with E-state index in [-0.39, 0.29) is 44.5 Å². The molecular formula is C26H27Cl2NO5. The quantitative estimate of drug-likeness (QED) is 0.304. The molecule has 2 aromatic rings. The molecule has 1 aliphatic heterocycles. The molecule has 1 N–H and O–H groups in total. The summed E-state index contributed by atoms with van der Waals surface area (Å²) in [5.41, 5.74) is 1.87. The van der Waals surface area contributed by atoms with Crippen LogP contribution in [0.3, 0.4) is 0 Å². The van der Waals surface area contributed by atoms with Gasteiger partial charge in [0.05, 0.1) is 36.4 Å². The van der Waals surface area contributed by atoms with E-state index in [0.29, 0.717) is 0 Å². The van der Waals surface area contributed by atoms with Crippen molar-refractivity contribution in [3.63, 3.8) is 0 Å². The fraction of sp³-hybridized carbons (Fsp3) is 0.385. The first-order valence-electron chi connectivity index (χ1n) is 11.3. The summed E-state index contributed by atoms with van der Waals surface area (Å²) in [5.74, 6) is -1.43. The van der Waals surface area contributed by atoms with Crippen LogP contribution in [0.4, 0.5) is 0 Å². The minimum absolute atomic E-state index is 0.00299. The Labute approximate surface area is 209 Å². The zero-order valence-electron chi connectivity index (χ0n) is 19.4. The molecule has 180 valence electrons. The van der Waals surface area contributed by atoms with E-state index >= 15 is 0 Å². The summed E-state index contributed by atoms with van der Waals surface area (Å²) in [6.07, 6.45) is 4.73. The van der Waals surface area contributed by atoms with Gasteiger partial charge in [0, 0.05) is 6.04 Å². The van der Waals surface area contributed by atoms with Crippen LogP contribution in [0.5, 0.6) is 11.5 Å². The summed E-state index contributed by atoms with van der Waals surface area (Å²) in [5, 5.41) is 11.7. The summed E-state index contributed by atoms with van der Waals surface area (Å²) < 4.78 is 10.7. The summed E-state index contributed by atoms with van der Waals surface area (Å²) in [6, 6.07) is 8.26. The van der Waals surface area contributed by atoms with Gasteiger partial charge >= 0.3 is 0 Å². The number of carbonyl (C=O) groups excluding carboxylic acids is 2. The standard InChI is InChI=1S/C26H27Cl2NO5/c1-14-8-7-9-15(12-14)21-19(23(31)26(32)29(21)16-10-5-4-6-11-16)22(30)17-13-18(27)25(34-3)20(28)24(17)33-2/h7-9,12-13,16,21,30H,4-6,10-11H2,1-3H3/b22-19+. The lowest BCUT2D eigenvalue weighted by molar-refractivity contribution is -0.141. The smallest absolute Gasteiger partial charge is 0.295 e. The maximum atomic E-state index is 13.4. The van der Waals surface area contributed by atoms with Crippen molar-refractivity contribution in [1.82, 2.24) is 4.90 Å². The van der Waals surface area contributed by atoms with Gasteiger partial charge in [-0.25, -0.2) is 0 Å². The molecule has 0 aromatic heterocycles. The highest BCUT2D eigenvalue weighted by Gasteiger charge is 2.49. The maximum Gasteiger partial charge on any atom is 0.295 e. The number of benzene rings is 2. The molecule has 1 saturated carbocycles. The SMILES string of the molecule is COc1c(Cl)cc(/C(O)=C2\C(=O)C(=O)N(C3CCCCC3)C2c2cccc(C)c2)c(OC)c1Cl. The third-order valence-electron chi connectivity index (χ3n) is 6.60. The van der Waals surface area contributed by atoms with Crippen molar-refractivity contribution in [1.29, 1.82) is 0 Å². The fourth-order valence-electron chi connectivity index (χ4n) is 5.04. The Hall–Kier alpha value is -2.70. The number of ether oxygens (including phenoxy) is 2. The topological polar surface area (TPSA) is 76.1 Å². The van der Waals surface area contributed by atoms with E-state index in [9.17, 15) is 14.7 Å². The molecule has 1 amide bonds. The molecule has 34 heavy (non-hydrogen) atoms. The molecule has 1 unspecified atom stereocenters. The predicted molar refractivity (Wildman–Crippen MR) is 132 cm³/mol. The largest absolute Gasteiger partial charge is 0.507 e. The van der Waals surface area contributed by atoms with Gasteiger partial charge in [-0.2, -0.15) is 0 Å². The van der Waals surface area contributed by atoms with Gasteiger partial charge in [-0.05, 0) is 31.4 Å². The minimum atomic E-state index is -0.736. The number of rotatable bonds is 5. The van der Waals surface area contributed by atoms with Crippen LogP contribution in [0.1, 0.15) is 54.8 Å². The molecule has 0 spiro atoms. The van der Waals surface area contributed by atoms with Gasteiger partial charge in [0.2, 0.25) is 0 Å². The molecule has 1 atom stereocenters. The van der Waals surface area contributed by atoms with Crippen molar-refractivity contribution in [2.24, 2.45) is 0 Å². The number of halogens is 2. The lowest BCUT2D eigenvalue weighted by atomic mass is 9.90. The van der Waals surface area contributed by atoms with Gasteiger partial charge < -0.3 is 19.5 Å². The number of amides is 1. The molecule has 2 fully saturated rings. The number of nitrogens with zero attached hydrogens (tertiary/aromatic N) is 1. The second kappa shape index (κ2) is 9.88. The number of Topliss-reactive ketones (excluding diaryl/α,β-unsaturated/α-hetero) is 1. The fourth-order valence-corrected chi connectivity index (χ4v) is 5.73. The molecule has 2 aromatic carbocycles. The van der Waals surface area contributed by atoms with Crippen LogP contribution in [0.25, 0.3) is 5.76 Å². The van der Waals surface area contributed by atoms with Gasteiger partial charge in [-0.3, -0.25) is 9.59 Å². The third kappa shape index (κ3) is 4.14. The van der Waals surface area contributed by atoms with Crippen LogP contribution in [0.2, 0.25) is 10.0 Å². The Morgan fingerprint density at radius 1 is 1.03 bits per heavy atom. The molecule has 4 rings (SSSR count). The second-order valence-corrected chi connectivity index (χ2v) is 9.48. The van der Waals surface area contributed by atoms with Crippen LogP contribution in [0.15, 0.2) is 35.9 Å². The highest BCUT2D eigenvalue weighted by Crippen LogP contribution is 2.48. The third-order valence-corrected chi connectivity index (χ3v) is 7.22. The second-order valence-electron chi connectivity index (χ2n) is 8.70. The van der Waals surface area contributed by atoms with Crippen molar-refractivity contribution in [3.8, 4) is 11.5 Å². The number of aliphatic hydroxyl groups excluding tert-OH is 1. The Balaban J connectivity index is 1.96. The Kier molecular flexibility index (Phi) is 7.10. The number of hydrogen-bond donors (Lipinski definition) is 1. The lowest BCUT2D eigenvalue weighted by Crippen LogP contribution is -2.40. The maximum absolute atomic E-state index is 13.4. The monoisotopic (exact) mass is 503 g/mol. The Morgan fingerprint density at radius 2 is 1.71 bits per heavy atom. The van der Waals surface area contributed by atoms with Gasteiger partial charge in [-0.15, -0.1) is 0 Å². The number of likely N-dealkylation sites (tertiary alicyclic amines) is 1. The summed E-state index contributed by atoms with van der Waals surface area (Å²) in [6.45, 7) is 1.95. The first-order chi connectivity index (χ1) is 16.3. The van der Waals surface area contributed by atoms with E-state index in [0.717, 1.165) is 43.2 Å². The molecule has 1 aliphatic carbocycles. The van der Waals surface area contributed by atoms with Crippen LogP contribution >= 0.6 is 23.2 Å². The number of methoxy groups -OCH3 is 2. The zero-order valence-corrected chi connectivity index (χ0v) is 20.9. The first kappa shape index (κ1) is 24.4. The molecule has 8 heteroatoms. The van der Waals surface area contributed by atoms with Crippen LogP contribution in [0, 0.1) is 6.92 Å². The molecular weight excluding hydrogens is 477 g/mol. The molecule has 1 saturated heterocycles. The predicted octanol–water partition coefficient (Wildman–Crippen LogP) is 6.07. The van der Waals surface area contributed by atoms with E-state index in [2.05, 4.69) is 0 Å². The van der Waals surface area contributed by atoms with Gasteiger partial charge in [0.15, 0.2) is 11.5 Å². The van der Waals surface area contributed by atoms with Crippen molar-refractivity contribution in [2.45, 2.75) is 51.1 Å². The van der Waals surface area contributed by atoms with E-state index < -0.39 is 17.7 Å². The molecule has 0 bridgehead atoms. The first-order valence-corrected chi connectivity index (χ1v) is 12.0. The highest BCUT2D eigenvalue weighted by molar-refractivity contribution is 6.47. The van der Waals surface area contributed by atoms with E-state index in [4.69, 9.17) is 32.7 Å². The van der Waals surface area contributed by atoms with Crippen LogP contribution < -0.4 is 9.47 Å². The number of aliphatic hydroxyl groups is 1. The molecule has 6 nitrogen and oxygen atoms in total. The highest BCUT2D eigenvalue weighted by atomic mass is 35.5. The molecule has 1 heterocycles. The number of hydrogen-bond acceptors (Lipinski definition) is 5. The van der Waals surface area contributed by atoms with Gasteiger partial charge in [-0.1, -0.05) is 72.3 Å². The van der Waals surface area contributed by atoms with Gasteiger partial charge in [0.25, 0.3) is 11.7 Å². The van der Waals surface area contributed by atoms with Crippen molar-refractivity contribution >= 4 is 40.7 Å². The Morgan fingerprint density at radius 3 is 2.32 bits per heavy atom. The molecule has 2 aliphatic rings. The average molecular weight is 504 g/mol. The van der Waals surface area contributed by atoms with Crippen LogP contribution in [-0.2, 0) is 9.59 Å². The van der Waals surface area contributed by atoms with E-state index in [1.807, 2.05) is 31.2 Å². The summed E-state index contributed by atoms with van der Waals surface area (Å²) in [7, 11) is 2.81. The van der Waals surface area contributed by atoms with Gasteiger partial charge in [0.1, 0.15) is 10.8 Å². The van der Waals surface area contributed by atoms with Crippen molar-refractivity contribution in [3.05, 3.63) is 62.6 Å². The van der Waals surface area contributed by atoms with E-state index in [1.54, 1.807) is 4.90 Å². The number of aryl methyl sites for hydroxylation is 1. The average Bonchev–Trinajstić information content (AvgIpc) is 3.09. The number of carbonyl (C=O) groups is 2. The molecule has 0 radical (unpaired) electrons. The zero-order chi connectivity index (χ0) is 24.6. The summed E-state index contributed by atoms with van der Waals surface area (Å²) in [4.78, 5) is 28.4. The lowest BCUT2D eigenvalue weighted by Gasteiger charge is -2.35. The minimum Gasteiger partial charge on any atom is -0.507 e. The van der Waals surface area contributed by atoms with Crippen LogP contribution in [-0.4, -0.2) is 42.0 Å². The Bertz CT molecular complexity index is 1170.